The standard InChI is InChI=1S/C15H16N6O5/c22-14(19-18-8-10-4-5-11(26-10)21(24)25)12-13(17-9-16-12)15(23)20-6-2-1-3-7-20/h4-5,8-9H,1-3,6-7H2,(H,16,17)(H,19,22)/b18-8+. The van der Waals surface area contributed by atoms with E-state index in [4.69, 9.17) is 4.42 Å². The van der Waals surface area contributed by atoms with Gasteiger partial charge in [0.15, 0.2) is 11.5 Å². The SMILES string of the molecule is O=C(N/N=C/c1ccc([N+](=O)[O-])o1)c1nc[nH]c1C(=O)N1CCCCC1. The van der Waals surface area contributed by atoms with Crippen LogP contribution in [0.15, 0.2) is 28.0 Å². The van der Waals surface area contributed by atoms with Crippen LogP contribution in [0.2, 0.25) is 0 Å². The predicted molar refractivity (Wildman–Crippen MR) is 88.8 cm³/mol. The maximum absolute atomic E-state index is 12.5. The van der Waals surface area contributed by atoms with Gasteiger partial charge in [0.25, 0.3) is 11.8 Å². The largest absolute Gasteiger partial charge is 0.433 e. The van der Waals surface area contributed by atoms with E-state index in [9.17, 15) is 19.7 Å². The number of aromatic nitrogens is 2. The van der Waals surface area contributed by atoms with Gasteiger partial charge in [-0.3, -0.25) is 19.7 Å². The van der Waals surface area contributed by atoms with Crippen LogP contribution in [0.3, 0.4) is 0 Å². The lowest BCUT2D eigenvalue weighted by Crippen LogP contribution is -2.37. The molecule has 26 heavy (non-hydrogen) atoms. The van der Waals surface area contributed by atoms with Crippen LogP contribution >= 0.6 is 0 Å². The van der Waals surface area contributed by atoms with Gasteiger partial charge in [0, 0.05) is 13.1 Å². The van der Waals surface area contributed by atoms with Crippen molar-refractivity contribution in [2.45, 2.75) is 19.3 Å². The number of likely N-dealkylation sites (tertiary alicyclic amines) is 1. The molecule has 1 aliphatic heterocycles. The molecule has 11 nitrogen and oxygen atoms in total. The summed E-state index contributed by atoms with van der Waals surface area (Å²) in [6.07, 6.45) is 5.33. The van der Waals surface area contributed by atoms with E-state index >= 15 is 0 Å². The molecule has 0 saturated carbocycles. The maximum Gasteiger partial charge on any atom is 0.433 e. The molecule has 2 aromatic rings. The monoisotopic (exact) mass is 360 g/mol. The van der Waals surface area contributed by atoms with Crippen LogP contribution in [-0.4, -0.2) is 50.9 Å². The number of carbonyl (C=O) groups is 2. The molecule has 2 aromatic heterocycles. The van der Waals surface area contributed by atoms with Gasteiger partial charge >= 0.3 is 5.88 Å². The number of H-pyrrole nitrogens is 1. The number of hydrazone groups is 1. The number of rotatable bonds is 5. The molecule has 0 radical (unpaired) electrons. The molecule has 0 unspecified atom stereocenters. The number of furan rings is 1. The number of carbonyl (C=O) groups excluding carboxylic acids is 2. The van der Waals surface area contributed by atoms with E-state index in [1.165, 1.54) is 18.5 Å². The fourth-order valence-electron chi connectivity index (χ4n) is 2.60. The van der Waals surface area contributed by atoms with Crippen molar-refractivity contribution in [2.24, 2.45) is 5.10 Å². The van der Waals surface area contributed by atoms with E-state index in [0.717, 1.165) is 25.5 Å². The number of aromatic amines is 1. The van der Waals surface area contributed by atoms with Crippen LogP contribution in [0.1, 0.15) is 46.0 Å². The first-order chi connectivity index (χ1) is 12.6. The molecular formula is C15H16N6O5. The summed E-state index contributed by atoms with van der Waals surface area (Å²) in [4.78, 5) is 42.8. The van der Waals surface area contributed by atoms with Gasteiger partial charge in [0.05, 0.1) is 18.6 Å². The second-order valence-electron chi connectivity index (χ2n) is 5.61. The summed E-state index contributed by atoms with van der Waals surface area (Å²) in [6, 6.07) is 2.51. The molecule has 2 amide bonds. The van der Waals surface area contributed by atoms with Gasteiger partial charge in [0.1, 0.15) is 10.6 Å². The number of imidazole rings is 1. The van der Waals surface area contributed by atoms with Gasteiger partial charge in [-0.05, 0) is 25.3 Å². The van der Waals surface area contributed by atoms with E-state index in [0.29, 0.717) is 13.1 Å². The van der Waals surface area contributed by atoms with Crippen molar-refractivity contribution in [3.63, 3.8) is 0 Å². The van der Waals surface area contributed by atoms with Gasteiger partial charge in [-0.25, -0.2) is 10.4 Å². The predicted octanol–water partition coefficient (Wildman–Crippen LogP) is 1.30. The van der Waals surface area contributed by atoms with Crippen molar-refractivity contribution in [1.82, 2.24) is 20.3 Å². The van der Waals surface area contributed by atoms with Gasteiger partial charge < -0.3 is 14.3 Å². The Labute approximate surface area is 147 Å². The molecule has 0 atom stereocenters. The van der Waals surface area contributed by atoms with Crippen LogP contribution in [0.25, 0.3) is 0 Å². The Morgan fingerprint density at radius 1 is 1.35 bits per heavy atom. The second kappa shape index (κ2) is 7.59. The number of hydrogen-bond donors (Lipinski definition) is 2. The van der Waals surface area contributed by atoms with Crippen molar-refractivity contribution >= 4 is 23.9 Å². The Bertz CT molecular complexity index is 848. The third-order valence-corrected chi connectivity index (χ3v) is 3.86. The van der Waals surface area contributed by atoms with Gasteiger partial charge in [-0.1, -0.05) is 0 Å². The lowest BCUT2D eigenvalue weighted by atomic mass is 10.1. The van der Waals surface area contributed by atoms with Gasteiger partial charge in [-0.15, -0.1) is 0 Å². The number of nitrogens with zero attached hydrogens (tertiary/aromatic N) is 4. The molecule has 3 heterocycles. The molecule has 11 heteroatoms. The molecule has 1 saturated heterocycles. The zero-order valence-electron chi connectivity index (χ0n) is 13.7. The lowest BCUT2D eigenvalue weighted by Gasteiger charge is -2.26. The van der Waals surface area contributed by atoms with Crippen LogP contribution < -0.4 is 5.43 Å². The first-order valence-electron chi connectivity index (χ1n) is 7.96. The Hall–Kier alpha value is -3.50. The minimum atomic E-state index is -0.682. The number of piperidine rings is 1. The van der Waals surface area contributed by atoms with Crippen LogP contribution in [0.4, 0.5) is 5.88 Å². The Morgan fingerprint density at radius 2 is 2.12 bits per heavy atom. The van der Waals surface area contributed by atoms with Crippen LogP contribution in [-0.2, 0) is 0 Å². The molecule has 2 N–H and O–H groups in total. The number of nitrogens with one attached hydrogen (secondary N) is 2. The molecular weight excluding hydrogens is 344 g/mol. The van der Waals surface area contributed by atoms with Crippen molar-refractivity contribution in [3.05, 3.63) is 45.7 Å². The summed E-state index contributed by atoms with van der Waals surface area (Å²) < 4.78 is 4.88. The molecule has 136 valence electrons. The quantitative estimate of drug-likeness (QED) is 0.467. The molecule has 0 bridgehead atoms. The molecule has 3 rings (SSSR count). The second-order valence-corrected chi connectivity index (χ2v) is 5.61. The minimum Gasteiger partial charge on any atom is -0.400 e. The normalized spacial score (nSPS) is 14.5. The minimum absolute atomic E-state index is 0.0665. The Morgan fingerprint density at radius 3 is 2.81 bits per heavy atom. The van der Waals surface area contributed by atoms with E-state index in [2.05, 4.69) is 20.5 Å². The highest BCUT2D eigenvalue weighted by Gasteiger charge is 2.25. The summed E-state index contributed by atoms with van der Waals surface area (Å²) in [5.74, 6) is -1.29. The van der Waals surface area contributed by atoms with Crippen molar-refractivity contribution < 1.29 is 18.9 Å². The summed E-state index contributed by atoms with van der Waals surface area (Å²) in [5.41, 5.74) is 2.26. The van der Waals surface area contributed by atoms with Crippen LogP contribution in [0.5, 0.6) is 0 Å². The zero-order valence-corrected chi connectivity index (χ0v) is 13.7. The van der Waals surface area contributed by atoms with Gasteiger partial charge in [-0.2, -0.15) is 5.10 Å². The lowest BCUT2D eigenvalue weighted by molar-refractivity contribution is -0.402. The van der Waals surface area contributed by atoms with E-state index in [-0.39, 0.29) is 23.1 Å². The van der Waals surface area contributed by atoms with E-state index in [1.54, 1.807) is 4.90 Å². The highest BCUT2D eigenvalue weighted by Crippen LogP contribution is 2.15. The highest BCUT2D eigenvalue weighted by molar-refractivity contribution is 6.04. The topological polar surface area (TPSA) is 147 Å². The van der Waals surface area contributed by atoms with Gasteiger partial charge in [0.2, 0.25) is 0 Å². The molecule has 0 aliphatic carbocycles. The maximum atomic E-state index is 12.5. The fraction of sp³-hybridized carbons (Fsp3) is 0.333. The van der Waals surface area contributed by atoms with Crippen molar-refractivity contribution in [2.75, 3.05) is 13.1 Å². The smallest absolute Gasteiger partial charge is 0.400 e. The molecule has 0 aromatic carbocycles. The third kappa shape index (κ3) is 3.77. The highest BCUT2D eigenvalue weighted by atomic mass is 16.6. The van der Waals surface area contributed by atoms with Crippen LogP contribution in [0, 0.1) is 10.1 Å². The van der Waals surface area contributed by atoms with Crippen molar-refractivity contribution in [1.29, 1.82) is 0 Å². The molecule has 1 aliphatic rings. The summed E-state index contributed by atoms with van der Waals surface area (Å²) in [5, 5.41) is 14.2. The zero-order chi connectivity index (χ0) is 18.5. The van der Waals surface area contributed by atoms with E-state index < -0.39 is 16.7 Å². The first kappa shape index (κ1) is 17.3. The van der Waals surface area contributed by atoms with Crippen molar-refractivity contribution in [3.8, 4) is 0 Å². The number of amides is 2. The summed E-state index contributed by atoms with van der Waals surface area (Å²) >= 11 is 0. The fourth-order valence-corrected chi connectivity index (χ4v) is 2.60. The Balaban J connectivity index is 1.65. The Kier molecular flexibility index (Phi) is 5.06. The van der Waals surface area contributed by atoms with E-state index in [1.807, 2.05) is 0 Å². The third-order valence-electron chi connectivity index (χ3n) is 3.86. The number of nitro groups is 1. The number of hydrogen-bond acceptors (Lipinski definition) is 7. The average molecular weight is 360 g/mol. The average Bonchev–Trinajstić information content (AvgIpc) is 3.31. The summed E-state index contributed by atoms with van der Waals surface area (Å²) in [6.45, 7) is 1.29. The molecule has 1 fully saturated rings. The summed E-state index contributed by atoms with van der Waals surface area (Å²) in [7, 11) is 0. The molecule has 0 spiro atoms. The first-order valence-corrected chi connectivity index (χ1v) is 7.96.